The van der Waals surface area contributed by atoms with Gasteiger partial charge in [0.2, 0.25) is 8.40 Å². The summed E-state index contributed by atoms with van der Waals surface area (Å²) < 4.78 is 0. The van der Waals surface area contributed by atoms with Crippen LogP contribution in [0.5, 0.6) is 0 Å². The zero-order valence-electron chi connectivity index (χ0n) is 11.0. The van der Waals surface area contributed by atoms with Crippen molar-refractivity contribution in [1.29, 1.82) is 0 Å². The third-order valence-electron chi connectivity index (χ3n) is 4.88. The van der Waals surface area contributed by atoms with E-state index in [1.54, 1.807) is 0 Å². The van der Waals surface area contributed by atoms with Crippen LogP contribution in [0, 0.1) is 0 Å². The molecule has 0 saturated heterocycles. The second kappa shape index (κ2) is 5.65. The fourth-order valence-corrected chi connectivity index (χ4v) is 9.63. The summed E-state index contributed by atoms with van der Waals surface area (Å²) in [5, 5.41) is 0. The van der Waals surface area contributed by atoms with Crippen molar-refractivity contribution in [1.82, 2.24) is 9.96 Å². The highest BCUT2D eigenvalue weighted by Crippen LogP contribution is 2.46. The van der Waals surface area contributed by atoms with Crippen LogP contribution in [0.25, 0.3) is 0 Å². The van der Waals surface area contributed by atoms with Crippen molar-refractivity contribution < 1.29 is 0 Å². The molecule has 0 aliphatic heterocycles. The minimum atomic E-state index is -1.40. The van der Waals surface area contributed by atoms with Crippen molar-refractivity contribution in [3.63, 3.8) is 0 Å². The summed E-state index contributed by atoms with van der Waals surface area (Å²) in [4.78, 5) is 7.79. The van der Waals surface area contributed by atoms with Crippen molar-refractivity contribution in [2.45, 2.75) is 69.4 Å². The largest absolute Gasteiger partial charge is 0.328 e. The van der Waals surface area contributed by atoms with Crippen molar-refractivity contribution in [3.05, 3.63) is 0 Å². The zero-order chi connectivity index (χ0) is 11.4. The van der Waals surface area contributed by atoms with E-state index in [1.807, 2.05) is 0 Å². The van der Waals surface area contributed by atoms with Gasteiger partial charge in [0.05, 0.1) is 0 Å². The van der Waals surface area contributed by atoms with E-state index in [2.05, 4.69) is 23.9 Å². The molecule has 0 atom stereocenters. The summed E-state index contributed by atoms with van der Waals surface area (Å²) in [5.74, 6) is 0. The third-order valence-corrected chi connectivity index (χ3v) is 10.4. The molecule has 2 N–H and O–H groups in total. The average molecular weight is 240 g/mol. The van der Waals surface area contributed by atoms with Gasteiger partial charge < -0.3 is 9.96 Å². The first-order valence-electron chi connectivity index (χ1n) is 7.27. The molecule has 0 aromatic rings. The molecule has 2 aliphatic carbocycles. The molecule has 0 unspecified atom stereocenters. The molecule has 2 aliphatic rings. The summed E-state index contributed by atoms with van der Waals surface area (Å²) in [6, 6.07) is 0. The second-order valence-electron chi connectivity index (χ2n) is 5.61. The maximum atomic E-state index is 3.96. The first-order chi connectivity index (χ1) is 7.83. The first kappa shape index (κ1) is 12.6. The van der Waals surface area contributed by atoms with Crippen molar-refractivity contribution in [2.75, 3.05) is 13.6 Å². The number of rotatable bonds is 5. The molecular formula is C13H28N2Si. The normalized spacial score (nSPS) is 24.4. The Labute approximate surface area is 102 Å². The fraction of sp³-hybridized carbons (Fsp3) is 1.00. The maximum Gasteiger partial charge on any atom is 0.207 e. The monoisotopic (exact) mass is 240 g/mol. The van der Waals surface area contributed by atoms with Crippen LogP contribution in [0.15, 0.2) is 0 Å². The lowest BCUT2D eigenvalue weighted by Gasteiger charge is -2.42. The lowest BCUT2D eigenvalue weighted by Crippen LogP contribution is -2.66. The van der Waals surface area contributed by atoms with Gasteiger partial charge in [-0.1, -0.05) is 58.3 Å². The van der Waals surface area contributed by atoms with Crippen molar-refractivity contribution in [2.24, 2.45) is 0 Å². The highest BCUT2D eigenvalue weighted by atomic mass is 28.3. The van der Waals surface area contributed by atoms with E-state index in [-0.39, 0.29) is 0 Å². The Bertz CT molecular complexity index is 192. The summed E-state index contributed by atoms with van der Waals surface area (Å²) >= 11 is 0. The van der Waals surface area contributed by atoms with Crippen LogP contribution in [0.3, 0.4) is 0 Å². The van der Waals surface area contributed by atoms with Gasteiger partial charge in [-0.05, 0) is 24.7 Å². The molecule has 0 radical (unpaired) electrons. The molecule has 16 heavy (non-hydrogen) atoms. The third kappa shape index (κ3) is 2.22. The van der Waals surface area contributed by atoms with Gasteiger partial charge in [0.1, 0.15) is 0 Å². The summed E-state index contributed by atoms with van der Waals surface area (Å²) in [6.07, 6.45) is 11.8. The lowest BCUT2D eigenvalue weighted by molar-refractivity contribution is 0.668. The van der Waals surface area contributed by atoms with E-state index in [0.29, 0.717) is 0 Å². The second-order valence-corrected chi connectivity index (χ2v) is 9.84. The Hall–Kier alpha value is 0.137. The van der Waals surface area contributed by atoms with Crippen LogP contribution in [0.4, 0.5) is 0 Å². The molecule has 0 spiro atoms. The quantitative estimate of drug-likeness (QED) is 0.721. The molecular weight excluding hydrogens is 212 g/mol. The van der Waals surface area contributed by atoms with Gasteiger partial charge >= 0.3 is 0 Å². The summed E-state index contributed by atoms with van der Waals surface area (Å²) in [6.45, 7) is 3.43. The van der Waals surface area contributed by atoms with Crippen LogP contribution in [0.1, 0.15) is 58.3 Å². The van der Waals surface area contributed by atoms with Crippen molar-refractivity contribution in [3.8, 4) is 0 Å². The Morgan fingerprint density at radius 3 is 1.69 bits per heavy atom. The average Bonchev–Trinajstić information content (AvgIpc) is 2.98. The van der Waals surface area contributed by atoms with E-state index in [0.717, 1.165) is 17.6 Å². The minimum Gasteiger partial charge on any atom is -0.328 e. The van der Waals surface area contributed by atoms with E-state index in [4.69, 9.17) is 0 Å². The zero-order valence-corrected chi connectivity index (χ0v) is 12.0. The molecule has 3 heteroatoms. The molecule has 2 saturated carbocycles. The van der Waals surface area contributed by atoms with Gasteiger partial charge in [-0.3, -0.25) is 0 Å². The van der Waals surface area contributed by atoms with Crippen LogP contribution in [0.2, 0.25) is 11.1 Å². The smallest absolute Gasteiger partial charge is 0.207 e. The molecule has 2 rings (SSSR count). The Morgan fingerprint density at radius 2 is 1.38 bits per heavy atom. The Balaban J connectivity index is 2.14. The highest BCUT2D eigenvalue weighted by Gasteiger charge is 2.48. The van der Waals surface area contributed by atoms with Crippen LogP contribution >= 0.6 is 0 Å². The highest BCUT2D eigenvalue weighted by molar-refractivity contribution is 6.78. The lowest BCUT2D eigenvalue weighted by atomic mass is 10.3. The molecule has 0 amide bonds. The molecule has 0 aromatic heterocycles. The van der Waals surface area contributed by atoms with Crippen LogP contribution in [-0.4, -0.2) is 22.0 Å². The maximum absolute atomic E-state index is 3.96. The predicted octanol–water partition coefficient (Wildman–Crippen LogP) is 3.15. The molecule has 2 nitrogen and oxygen atoms in total. The minimum absolute atomic E-state index is 1.00. The molecule has 94 valence electrons. The predicted molar refractivity (Wildman–Crippen MR) is 72.9 cm³/mol. The van der Waals surface area contributed by atoms with Crippen LogP contribution in [-0.2, 0) is 0 Å². The van der Waals surface area contributed by atoms with E-state index in [1.165, 1.54) is 51.4 Å². The fourth-order valence-electron chi connectivity index (χ4n) is 4.17. The molecule has 2 fully saturated rings. The standard InChI is InChI=1S/C13H28N2Si/c1-3-15-16(14-2,12-8-4-5-9-12)13-10-6-7-11-13/h12-15H,3-11H2,1-2H3. The van der Waals surface area contributed by atoms with Gasteiger partial charge in [-0.15, -0.1) is 0 Å². The van der Waals surface area contributed by atoms with Gasteiger partial charge in [-0.25, -0.2) is 0 Å². The SMILES string of the molecule is CCN[Si](NC)(C1CCCC1)C1CCCC1. The number of hydrogen-bond acceptors (Lipinski definition) is 2. The number of hydrogen-bond donors (Lipinski definition) is 2. The number of nitrogens with one attached hydrogen (secondary N) is 2. The molecule has 0 heterocycles. The molecule has 0 bridgehead atoms. The van der Waals surface area contributed by atoms with E-state index in [9.17, 15) is 0 Å². The summed E-state index contributed by atoms with van der Waals surface area (Å²) in [5.41, 5.74) is 2.00. The van der Waals surface area contributed by atoms with Crippen LogP contribution < -0.4 is 9.96 Å². The van der Waals surface area contributed by atoms with Crippen molar-refractivity contribution >= 4 is 8.40 Å². The molecule has 0 aromatic carbocycles. The topological polar surface area (TPSA) is 24.1 Å². The Kier molecular flexibility index (Phi) is 4.45. The van der Waals surface area contributed by atoms with Gasteiger partial charge in [0.25, 0.3) is 0 Å². The van der Waals surface area contributed by atoms with Gasteiger partial charge in [0.15, 0.2) is 0 Å². The van der Waals surface area contributed by atoms with E-state index < -0.39 is 8.40 Å². The Morgan fingerprint density at radius 1 is 0.938 bits per heavy atom. The first-order valence-corrected chi connectivity index (χ1v) is 9.43. The summed E-state index contributed by atoms with van der Waals surface area (Å²) in [7, 11) is 0.824. The van der Waals surface area contributed by atoms with E-state index >= 15 is 0 Å². The van der Waals surface area contributed by atoms with Gasteiger partial charge in [-0.2, -0.15) is 0 Å². The van der Waals surface area contributed by atoms with Gasteiger partial charge in [0, 0.05) is 0 Å².